The Morgan fingerprint density at radius 1 is 1.64 bits per heavy atom. The predicted molar refractivity (Wildman–Crippen MR) is 67.5 cm³/mol. The summed E-state index contributed by atoms with van der Waals surface area (Å²) in [6.07, 6.45) is 2.44. The van der Waals surface area contributed by atoms with Gasteiger partial charge in [-0.15, -0.1) is 0 Å². The van der Waals surface area contributed by atoms with Gasteiger partial charge in [0, 0.05) is 17.0 Å². The summed E-state index contributed by atoms with van der Waals surface area (Å²) in [7, 11) is 0. The van der Waals surface area contributed by atoms with Crippen molar-refractivity contribution in [3.8, 4) is 0 Å². The van der Waals surface area contributed by atoms with Crippen LogP contribution in [0.3, 0.4) is 0 Å². The molecule has 0 aliphatic carbocycles. The zero-order chi connectivity index (χ0) is 10.0. The van der Waals surface area contributed by atoms with Crippen LogP contribution in [0.2, 0.25) is 0 Å². The molecule has 2 aliphatic heterocycles. The molecule has 2 aliphatic rings. The summed E-state index contributed by atoms with van der Waals surface area (Å²) < 4.78 is 0. The van der Waals surface area contributed by atoms with Gasteiger partial charge < -0.3 is 5.32 Å². The zero-order valence-corrected chi connectivity index (χ0v) is 10.5. The lowest BCUT2D eigenvalue weighted by Gasteiger charge is -2.21. The highest BCUT2D eigenvalue weighted by atomic mass is 32.2. The van der Waals surface area contributed by atoms with Crippen molar-refractivity contribution in [1.82, 2.24) is 5.32 Å². The zero-order valence-electron chi connectivity index (χ0n) is 8.88. The van der Waals surface area contributed by atoms with Crippen molar-refractivity contribution in [2.45, 2.75) is 38.3 Å². The number of nitrogens with one attached hydrogen (secondary N) is 1. The highest BCUT2D eigenvalue weighted by Crippen LogP contribution is 2.27. The van der Waals surface area contributed by atoms with E-state index in [9.17, 15) is 0 Å². The van der Waals surface area contributed by atoms with Gasteiger partial charge in [0.25, 0.3) is 0 Å². The molecule has 2 rings (SSSR count). The quantitative estimate of drug-likeness (QED) is 0.788. The van der Waals surface area contributed by atoms with Gasteiger partial charge in [0.05, 0.1) is 6.04 Å². The number of thioether (sulfide) groups is 2. The number of hydrogen-bond acceptors (Lipinski definition) is 3. The van der Waals surface area contributed by atoms with Gasteiger partial charge in [0.2, 0.25) is 0 Å². The van der Waals surface area contributed by atoms with E-state index in [1.165, 1.54) is 35.3 Å². The van der Waals surface area contributed by atoms with Crippen LogP contribution in [0.4, 0.5) is 0 Å². The molecular weight excluding hydrogens is 212 g/mol. The fourth-order valence-electron chi connectivity index (χ4n) is 1.61. The van der Waals surface area contributed by atoms with Crippen LogP contribution in [0, 0.1) is 0 Å². The van der Waals surface area contributed by atoms with Crippen LogP contribution >= 0.6 is 23.5 Å². The highest BCUT2D eigenvalue weighted by molar-refractivity contribution is 8.14. The van der Waals surface area contributed by atoms with Crippen molar-refractivity contribution in [2.24, 2.45) is 4.99 Å². The summed E-state index contributed by atoms with van der Waals surface area (Å²) in [6, 6.07) is 0.578. The first-order valence-electron chi connectivity index (χ1n) is 5.28. The average Bonchev–Trinajstić information content (AvgIpc) is 2.78. The number of rotatable bonds is 2. The lowest BCUT2D eigenvalue weighted by atomic mass is 10.0. The molecule has 0 aromatic rings. The Bertz CT molecular complexity index is 236. The molecule has 0 radical (unpaired) electrons. The van der Waals surface area contributed by atoms with Gasteiger partial charge >= 0.3 is 0 Å². The lowest BCUT2D eigenvalue weighted by Crippen LogP contribution is -2.40. The van der Waals surface area contributed by atoms with Gasteiger partial charge in [-0.25, -0.2) is 0 Å². The van der Waals surface area contributed by atoms with Gasteiger partial charge in [0.15, 0.2) is 5.17 Å². The molecular formula is C10H18N2S2. The third-order valence-electron chi connectivity index (χ3n) is 2.92. The molecule has 0 spiro atoms. The third-order valence-corrected chi connectivity index (χ3v) is 5.33. The van der Waals surface area contributed by atoms with Crippen molar-refractivity contribution in [2.75, 3.05) is 17.3 Å². The lowest BCUT2D eigenvalue weighted by molar-refractivity contribution is 0.465. The fourth-order valence-corrected chi connectivity index (χ4v) is 4.00. The first kappa shape index (κ1) is 10.7. The van der Waals surface area contributed by atoms with Crippen LogP contribution in [-0.4, -0.2) is 34.0 Å². The van der Waals surface area contributed by atoms with Crippen molar-refractivity contribution < 1.29 is 0 Å². The summed E-state index contributed by atoms with van der Waals surface area (Å²) in [5.74, 6) is 3.67. The minimum atomic E-state index is 0.287. The van der Waals surface area contributed by atoms with Gasteiger partial charge in [-0.2, -0.15) is 11.8 Å². The van der Waals surface area contributed by atoms with E-state index >= 15 is 0 Å². The summed E-state index contributed by atoms with van der Waals surface area (Å²) in [5.41, 5.74) is 0.287. The van der Waals surface area contributed by atoms with E-state index in [1.54, 1.807) is 0 Å². The largest absolute Gasteiger partial charge is 0.359 e. The van der Waals surface area contributed by atoms with Gasteiger partial charge in [-0.05, 0) is 25.5 Å². The standard InChI is InChI=1S/C10H18N2S2/c1-3-10(2)7-14-9(12-10)11-8-4-5-13-6-8/h8H,3-7H2,1-2H3,(H,11,12). The second kappa shape index (κ2) is 4.35. The molecule has 0 saturated carbocycles. The van der Waals surface area contributed by atoms with E-state index < -0.39 is 0 Å². The van der Waals surface area contributed by atoms with Gasteiger partial charge in [-0.1, -0.05) is 18.7 Å². The van der Waals surface area contributed by atoms with E-state index in [2.05, 4.69) is 19.2 Å². The van der Waals surface area contributed by atoms with Crippen LogP contribution < -0.4 is 5.32 Å². The van der Waals surface area contributed by atoms with E-state index in [1.807, 2.05) is 23.5 Å². The first-order valence-corrected chi connectivity index (χ1v) is 7.42. The number of amidine groups is 1. The average molecular weight is 230 g/mol. The molecule has 4 heteroatoms. The molecule has 2 atom stereocenters. The van der Waals surface area contributed by atoms with Crippen molar-refractivity contribution in [3.63, 3.8) is 0 Å². The fraction of sp³-hybridized carbons (Fsp3) is 0.900. The molecule has 0 aromatic carbocycles. The van der Waals surface area contributed by atoms with Crippen molar-refractivity contribution >= 4 is 28.7 Å². The smallest absolute Gasteiger partial charge is 0.157 e. The summed E-state index contributed by atoms with van der Waals surface area (Å²) in [4.78, 5) is 4.77. The number of hydrogen-bond donors (Lipinski definition) is 1. The van der Waals surface area contributed by atoms with Crippen LogP contribution in [0.5, 0.6) is 0 Å². The monoisotopic (exact) mass is 230 g/mol. The maximum Gasteiger partial charge on any atom is 0.157 e. The molecule has 1 N–H and O–H groups in total. The molecule has 0 aromatic heterocycles. The van der Waals surface area contributed by atoms with E-state index in [0.29, 0.717) is 6.04 Å². The first-order chi connectivity index (χ1) is 6.72. The SMILES string of the molecule is CCC1(C)CSC(=NC2CCSC2)N1. The Morgan fingerprint density at radius 2 is 2.50 bits per heavy atom. The Labute approximate surface area is 94.7 Å². The summed E-state index contributed by atoms with van der Waals surface area (Å²) >= 11 is 3.92. The normalized spacial score (nSPS) is 40.4. The second-order valence-corrected chi connectivity index (χ2v) is 6.39. The number of nitrogens with zero attached hydrogens (tertiary/aromatic N) is 1. The Morgan fingerprint density at radius 3 is 3.07 bits per heavy atom. The molecule has 14 heavy (non-hydrogen) atoms. The minimum absolute atomic E-state index is 0.287. The van der Waals surface area contributed by atoms with Crippen LogP contribution in [-0.2, 0) is 0 Å². The van der Waals surface area contributed by atoms with Crippen LogP contribution in [0.1, 0.15) is 26.7 Å². The third kappa shape index (κ3) is 2.40. The highest BCUT2D eigenvalue weighted by Gasteiger charge is 2.31. The maximum absolute atomic E-state index is 4.77. The second-order valence-electron chi connectivity index (χ2n) is 4.28. The minimum Gasteiger partial charge on any atom is -0.359 e. The van der Waals surface area contributed by atoms with E-state index in [-0.39, 0.29) is 5.54 Å². The number of aliphatic imine (C=N–C) groups is 1. The molecule has 80 valence electrons. The Balaban J connectivity index is 1.93. The van der Waals surface area contributed by atoms with E-state index in [0.717, 1.165) is 0 Å². The summed E-state index contributed by atoms with van der Waals surface area (Å²) in [5, 5.41) is 4.73. The Kier molecular flexibility index (Phi) is 3.32. The molecule has 2 fully saturated rings. The molecule has 2 heterocycles. The van der Waals surface area contributed by atoms with Crippen molar-refractivity contribution in [1.29, 1.82) is 0 Å². The van der Waals surface area contributed by atoms with Gasteiger partial charge in [-0.3, -0.25) is 4.99 Å². The molecule has 0 bridgehead atoms. The van der Waals surface area contributed by atoms with E-state index in [4.69, 9.17) is 4.99 Å². The van der Waals surface area contributed by atoms with Crippen LogP contribution in [0.15, 0.2) is 4.99 Å². The Hall–Kier alpha value is 0.170. The van der Waals surface area contributed by atoms with Gasteiger partial charge in [0.1, 0.15) is 0 Å². The molecule has 2 unspecified atom stereocenters. The predicted octanol–water partition coefficient (Wildman–Crippen LogP) is 2.35. The maximum atomic E-state index is 4.77. The molecule has 0 amide bonds. The summed E-state index contributed by atoms with van der Waals surface area (Å²) in [6.45, 7) is 4.52. The van der Waals surface area contributed by atoms with Crippen LogP contribution in [0.25, 0.3) is 0 Å². The molecule has 2 nitrogen and oxygen atoms in total. The van der Waals surface area contributed by atoms with Crippen molar-refractivity contribution in [3.05, 3.63) is 0 Å². The molecule has 2 saturated heterocycles. The topological polar surface area (TPSA) is 24.4 Å².